The first kappa shape index (κ1) is 14.3. The Morgan fingerprint density at radius 3 is 2.06 bits per heavy atom. The molecule has 0 unspecified atom stereocenters. The third-order valence-electron chi connectivity index (χ3n) is 1.85. The number of alkyl halides is 3. The minimum Gasteiger partial charge on any atom is -0.429 e. The van der Waals surface area contributed by atoms with Gasteiger partial charge in [0.15, 0.2) is 17.5 Å². The fraction of sp³-hybridized carbons (Fsp3) is 0.200. The summed E-state index contributed by atoms with van der Waals surface area (Å²) in [5, 5.41) is 0. The average molecular weight is 274 g/mol. The van der Waals surface area contributed by atoms with Crippen molar-refractivity contribution in [1.82, 2.24) is 0 Å². The van der Waals surface area contributed by atoms with E-state index >= 15 is 0 Å². The topological polar surface area (TPSA) is 9.23 Å². The van der Waals surface area contributed by atoms with Crippen molar-refractivity contribution < 1.29 is 35.5 Å². The maximum absolute atomic E-state index is 13.0. The van der Waals surface area contributed by atoms with E-state index in [0.29, 0.717) is 0 Å². The van der Waals surface area contributed by atoms with E-state index in [1.165, 1.54) is 0 Å². The molecule has 0 spiro atoms. The molecule has 0 aliphatic heterocycles. The summed E-state index contributed by atoms with van der Waals surface area (Å²) < 4.78 is 91.6. The van der Waals surface area contributed by atoms with Crippen LogP contribution in [0, 0.1) is 17.5 Å². The van der Waals surface area contributed by atoms with Gasteiger partial charge in [0.1, 0.15) is 18.0 Å². The molecule has 8 heteroatoms. The predicted octanol–water partition coefficient (Wildman–Crippen LogP) is 3.90. The van der Waals surface area contributed by atoms with Crippen molar-refractivity contribution in [1.29, 1.82) is 0 Å². The average Bonchev–Trinajstić information content (AvgIpc) is 2.26. The van der Waals surface area contributed by atoms with Crippen LogP contribution in [0.1, 0.15) is 0 Å². The molecule has 0 atom stereocenters. The Balaban J connectivity index is 3.05. The summed E-state index contributed by atoms with van der Waals surface area (Å²) in [5.41, 5.74) is -1.67. The van der Waals surface area contributed by atoms with Crippen molar-refractivity contribution in [2.24, 2.45) is 0 Å². The van der Waals surface area contributed by atoms with Gasteiger partial charge in [0.05, 0.1) is 6.33 Å². The fourth-order valence-electron chi connectivity index (χ4n) is 0.975. The third-order valence-corrected chi connectivity index (χ3v) is 1.85. The largest absolute Gasteiger partial charge is 0.429 e. The molecule has 1 aromatic rings. The zero-order valence-corrected chi connectivity index (χ0v) is 8.49. The Morgan fingerprint density at radius 2 is 1.67 bits per heavy atom. The second-order valence-corrected chi connectivity index (χ2v) is 3.09. The summed E-state index contributed by atoms with van der Waals surface area (Å²) in [6.45, 7) is -1.87. The standard InChI is InChI=1S/C10H5F7O/c11-3-5(4-12)10(16,17)18-6-1-7(13)9(15)8(14)2-6/h1-3H,4H2. The van der Waals surface area contributed by atoms with Gasteiger partial charge in [0.25, 0.3) is 0 Å². The lowest BCUT2D eigenvalue weighted by Crippen LogP contribution is -2.28. The minimum absolute atomic E-state index is 0.125. The second-order valence-electron chi connectivity index (χ2n) is 3.09. The van der Waals surface area contributed by atoms with Crippen LogP contribution in [-0.2, 0) is 0 Å². The van der Waals surface area contributed by atoms with Gasteiger partial charge >= 0.3 is 6.11 Å². The summed E-state index contributed by atoms with van der Waals surface area (Å²) in [6.07, 6.45) is -5.17. The number of hydrogen-bond donors (Lipinski definition) is 0. The Labute approximate surface area is 96.5 Å². The molecule has 0 fully saturated rings. The first-order valence-corrected chi connectivity index (χ1v) is 4.39. The lowest BCUT2D eigenvalue weighted by Gasteiger charge is -2.18. The summed E-state index contributed by atoms with van der Waals surface area (Å²) >= 11 is 0. The molecule has 0 bridgehead atoms. The quantitative estimate of drug-likeness (QED) is 0.597. The predicted molar refractivity (Wildman–Crippen MR) is 47.1 cm³/mol. The Hall–Kier alpha value is -1.73. The molecule has 0 aliphatic rings. The van der Waals surface area contributed by atoms with E-state index in [-0.39, 0.29) is 12.1 Å². The Morgan fingerprint density at radius 1 is 1.17 bits per heavy atom. The SMILES string of the molecule is FC=C(CF)C(F)(F)Oc1cc(F)c(F)c(F)c1. The van der Waals surface area contributed by atoms with Crippen LogP contribution >= 0.6 is 0 Å². The molecule has 1 rings (SSSR count). The van der Waals surface area contributed by atoms with Gasteiger partial charge in [-0.3, -0.25) is 0 Å². The highest BCUT2D eigenvalue weighted by Gasteiger charge is 2.38. The first-order chi connectivity index (χ1) is 8.31. The molecule has 1 aromatic carbocycles. The zero-order chi connectivity index (χ0) is 13.9. The Kier molecular flexibility index (Phi) is 4.20. The lowest BCUT2D eigenvalue weighted by atomic mass is 10.3. The van der Waals surface area contributed by atoms with Crippen molar-refractivity contribution in [2.75, 3.05) is 6.67 Å². The zero-order valence-electron chi connectivity index (χ0n) is 8.49. The van der Waals surface area contributed by atoms with Crippen LogP contribution in [-0.4, -0.2) is 12.8 Å². The summed E-state index contributed by atoms with van der Waals surface area (Å²) in [7, 11) is 0. The van der Waals surface area contributed by atoms with Crippen LogP contribution < -0.4 is 4.74 Å². The van der Waals surface area contributed by atoms with Crippen LogP contribution in [0.4, 0.5) is 30.7 Å². The van der Waals surface area contributed by atoms with E-state index in [1.807, 2.05) is 0 Å². The van der Waals surface area contributed by atoms with Gasteiger partial charge in [0.2, 0.25) is 0 Å². The van der Waals surface area contributed by atoms with Gasteiger partial charge in [-0.25, -0.2) is 22.0 Å². The second kappa shape index (κ2) is 5.28. The van der Waals surface area contributed by atoms with Crippen molar-refractivity contribution in [3.8, 4) is 5.75 Å². The van der Waals surface area contributed by atoms with Gasteiger partial charge in [-0.2, -0.15) is 8.78 Å². The highest BCUT2D eigenvalue weighted by atomic mass is 19.3. The highest BCUT2D eigenvalue weighted by molar-refractivity contribution is 5.26. The van der Waals surface area contributed by atoms with Gasteiger partial charge in [-0.05, 0) is 0 Å². The molecular weight excluding hydrogens is 269 g/mol. The number of ether oxygens (including phenoxy) is 1. The summed E-state index contributed by atoms with van der Waals surface area (Å²) in [5.74, 6) is -6.53. The summed E-state index contributed by atoms with van der Waals surface area (Å²) in [6, 6.07) is 0.251. The maximum atomic E-state index is 13.0. The van der Waals surface area contributed by atoms with E-state index in [1.54, 1.807) is 0 Å². The normalized spacial score (nSPS) is 12.7. The van der Waals surface area contributed by atoms with E-state index in [2.05, 4.69) is 4.74 Å². The number of rotatable bonds is 4. The van der Waals surface area contributed by atoms with Gasteiger partial charge in [-0.1, -0.05) is 0 Å². The third kappa shape index (κ3) is 2.93. The van der Waals surface area contributed by atoms with Crippen molar-refractivity contribution in [3.63, 3.8) is 0 Å². The molecule has 0 saturated heterocycles. The van der Waals surface area contributed by atoms with E-state index in [9.17, 15) is 30.7 Å². The molecular formula is C10H5F7O. The summed E-state index contributed by atoms with van der Waals surface area (Å²) in [4.78, 5) is 0. The molecule has 0 aromatic heterocycles. The number of halogens is 7. The lowest BCUT2D eigenvalue weighted by molar-refractivity contribution is -0.145. The first-order valence-electron chi connectivity index (χ1n) is 4.39. The Bertz CT molecular complexity index is 446. The van der Waals surface area contributed by atoms with Crippen LogP contribution in [0.15, 0.2) is 24.0 Å². The number of hydrogen-bond acceptors (Lipinski definition) is 1. The van der Waals surface area contributed by atoms with Crippen molar-refractivity contribution in [3.05, 3.63) is 41.5 Å². The van der Waals surface area contributed by atoms with Crippen LogP contribution in [0.3, 0.4) is 0 Å². The number of benzene rings is 1. The van der Waals surface area contributed by atoms with Gasteiger partial charge < -0.3 is 4.74 Å². The molecule has 0 aliphatic carbocycles. The molecule has 18 heavy (non-hydrogen) atoms. The monoisotopic (exact) mass is 274 g/mol. The van der Waals surface area contributed by atoms with Gasteiger partial charge in [0, 0.05) is 12.1 Å². The van der Waals surface area contributed by atoms with Crippen LogP contribution in [0.5, 0.6) is 5.75 Å². The van der Waals surface area contributed by atoms with Gasteiger partial charge in [-0.15, -0.1) is 0 Å². The highest BCUT2D eigenvalue weighted by Crippen LogP contribution is 2.30. The smallest absolute Gasteiger partial charge is 0.427 e. The van der Waals surface area contributed by atoms with Crippen LogP contribution in [0.25, 0.3) is 0 Å². The molecule has 0 amide bonds. The molecule has 0 N–H and O–H groups in total. The minimum atomic E-state index is -4.44. The van der Waals surface area contributed by atoms with E-state index in [0.717, 1.165) is 0 Å². The fourth-order valence-corrected chi connectivity index (χ4v) is 0.975. The van der Waals surface area contributed by atoms with E-state index < -0.39 is 47.9 Å². The van der Waals surface area contributed by atoms with Crippen molar-refractivity contribution in [2.45, 2.75) is 6.11 Å². The van der Waals surface area contributed by atoms with Crippen LogP contribution in [0.2, 0.25) is 0 Å². The maximum Gasteiger partial charge on any atom is 0.427 e. The molecule has 0 radical (unpaired) electrons. The molecule has 1 nitrogen and oxygen atoms in total. The van der Waals surface area contributed by atoms with Crippen molar-refractivity contribution >= 4 is 0 Å². The molecule has 100 valence electrons. The van der Waals surface area contributed by atoms with E-state index in [4.69, 9.17) is 0 Å². The molecule has 0 saturated carbocycles. The molecule has 0 heterocycles.